The van der Waals surface area contributed by atoms with Gasteiger partial charge in [0.15, 0.2) is 0 Å². The van der Waals surface area contributed by atoms with Gasteiger partial charge in [0, 0.05) is 12.1 Å². The standard InChI is InChI=1S/C15H14Cl3NO/c1-19-8-11-3-2-4-13(17)15(11)20-9-10-5-6-12(16)14(18)7-10/h2-7,19H,8-9H2,1H3. The minimum atomic E-state index is 0.386. The zero-order valence-corrected chi connectivity index (χ0v) is 13.2. The van der Waals surface area contributed by atoms with Crippen LogP contribution in [0.3, 0.4) is 0 Å². The van der Waals surface area contributed by atoms with Gasteiger partial charge in [-0.05, 0) is 30.8 Å². The molecule has 106 valence electrons. The number of nitrogens with one attached hydrogen (secondary N) is 1. The van der Waals surface area contributed by atoms with Crippen LogP contribution in [0.1, 0.15) is 11.1 Å². The maximum atomic E-state index is 6.19. The van der Waals surface area contributed by atoms with Gasteiger partial charge >= 0.3 is 0 Å². The Bertz CT molecular complexity index is 602. The van der Waals surface area contributed by atoms with E-state index in [2.05, 4.69) is 5.32 Å². The highest BCUT2D eigenvalue weighted by molar-refractivity contribution is 6.42. The molecule has 2 rings (SSSR count). The number of hydrogen-bond acceptors (Lipinski definition) is 2. The molecule has 0 heterocycles. The Kier molecular flexibility index (Phi) is 5.55. The number of para-hydroxylation sites is 1. The third kappa shape index (κ3) is 3.80. The first kappa shape index (κ1) is 15.5. The molecule has 0 aliphatic rings. The molecule has 0 aromatic heterocycles. The lowest BCUT2D eigenvalue weighted by atomic mass is 10.2. The summed E-state index contributed by atoms with van der Waals surface area (Å²) in [6.45, 7) is 1.08. The van der Waals surface area contributed by atoms with Crippen molar-refractivity contribution in [3.05, 3.63) is 62.6 Å². The van der Waals surface area contributed by atoms with E-state index in [4.69, 9.17) is 39.5 Å². The van der Waals surface area contributed by atoms with Crippen molar-refractivity contribution in [2.75, 3.05) is 7.05 Å². The van der Waals surface area contributed by atoms with Crippen LogP contribution in [-0.4, -0.2) is 7.05 Å². The first-order valence-electron chi connectivity index (χ1n) is 6.10. The molecule has 0 aliphatic carbocycles. The van der Waals surface area contributed by atoms with E-state index >= 15 is 0 Å². The Morgan fingerprint density at radius 1 is 1.00 bits per heavy atom. The second-order valence-corrected chi connectivity index (χ2v) is 5.52. The average molecular weight is 331 g/mol. The molecular formula is C15H14Cl3NO. The van der Waals surface area contributed by atoms with Crippen molar-refractivity contribution in [2.24, 2.45) is 0 Å². The predicted molar refractivity (Wildman–Crippen MR) is 85.0 cm³/mol. The van der Waals surface area contributed by atoms with Crippen LogP contribution >= 0.6 is 34.8 Å². The number of halogens is 3. The molecule has 2 aromatic rings. The van der Waals surface area contributed by atoms with Crippen molar-refractivity contribution in [1.29, 1.82) is 0 Å². The summed E-state index contributed by atoms with van der Waals surface area (Å²) in [7, 11) is 1.88. The van der Waals surface area contributed by atoms with E-state index in [9.17, 15) is 0 Å². The molecule has 0 aliphatic heterocycles. The van der Waals surface area contributed by atoms with Crippen LogP contribution in [0.4, 0.5) is 0 Å². The maximum absolute atomic E-state index is 6.19. The summed E-state index contributed by atoms with van der Waals surface area (Å²) in [6.07, 6.45) is 0. The molecule has 1 N–H and O–H groups in total. The van der Waals surface area contributed by atoms with Crippen LogP contribution in [-0.2, 0) is 13.2 Å². The monoisotopic (exact) mass is 329 g/mol. The highest BCUT2D eigenvalue weighted by Gasteiger charge is 2.08. The Labute approximate surface area is 133 Å². The molecule has 20 heavy (non-hydrogen) atoms. The van der Waals surface area contributed by atoms with E-state index in [1.807, 2.05) is 31.3 Å². The molecule has 2 nitrogen and oxygen atoms in total. The van der Waals surface area contributed by atoms with Gasteiger partial charge in [-0.25, -0.2) is 0 Å². The van der Waals surface area contributed by atoms with Gasteiger partial charge in [0.25, 0.3) is 0 Å². The van der Waals surface area contributed by atoms with Crippen molar-refractivity contribution in [3.8, 4) is 5.75 Å². The molecule has 5 heteroatoms. The van der Waals surface area contributed by atoms with Crippen LogP contribution in [0.15, 0.2) is 36.4 Å². The normalized spacial score (nSPS) is 10.6. The van der Waals surface area contributed by atoms with E-state index in [0.717, 1.165) is 11.1 Å². The third-order valence-electron chi connectivity index (χ3n) is 2.78. The summed E-state index contributed by atoms with van der Waals surface area (Å²) in [5.74, 6) is 0.689. The van der Waals surface area contributed by atoms with Crippen molar-refractivity contribution in [2.45, 2.75) is 13.2 Å². The highest BCUT2D eigenvalue weighted by atomic mass is 35.5. The summed E-state index contributed by atoms with van der Waals surface area (Å²) < 4.78 is 5.83. The van der Waals surface area contributed by atoms with E-state index in [1.165, 1.54) is 0 Å². The average Bonchev–Trinajstić information content (AvgIpc) is 2.42. The number of rotatable bonds is 5. The van der Waals surface area contributed by atoms with Gasteiger partial charge in [-0.3, -0.25) is 0 Å². The molecule has 0 saturated carbocycles. The van der Waals surface area contributed by atoms with Gasteiger partial charge in [0.05, 0.1) is 15.1 Å². The molecular weight excluding hydrogens is 317 g/mol. The Morgan fingerprint density at radius 2 is 1.80 bits per heavy atom. The molecule has 0 fully saturated rings. The zero-order valence-electron chi connectivity index (χ0n) is 10.9. The fraction of sp³-hybridized carbons (Fsp3) is 0.200. The van der Waals surface area contributed by atoms with Crippen molar-refractivity contribution < 1.29 is 4.74 Å². The smallest absolute Gasteiger partial charge is 0.142 e. The van der Waals surface area contributed by atoms with Crippen molar-refractivity contribution in [1.82, 2.24) is 5.32 Å². The Balaban J connectivity index is 2.15. The lowest BCUT2D eigenvalue weighted by Gasteiger charge is -2.13. The Morgan fingerprint density at radius 3 is 2.50 bits per heavy atom. The Hall–Kier alpha value is -0.930. The second-order valence-electron chi connectivity index (χ2n) is 4.30. The van der Waals surface area contributed by atoms with Crippen LogP contribution < -0.4 is 10.1 Å². The molecule has 0 spiro atoms. The second kappa shape index (κ2) is 7.19. The van der Waals surface area contributed by atoms with Gasteiger partial charge < -0.3 is 10.1 Å². The predicted octanol–water partition coefficient (Wildman–Crippen LogP) is 4.95. The molecule has 0 bridgehead atoms. The molecule has 0 atom stereocenters. The summed E-state index contributed by atoms with van der Waals surface area (Å²) in [5.41, 5.74) is 1.95. The lowest BCUT2D eigenvalue weighted by molar-refractivity contribution is 0.302. The van der Waals surface area contributed by atoms with Crippen molar-refractivity contribution in [3.63, 3.8) is 0 Å². The summed E-state index contributed by atoms with van der Waals surface area (Å²) in [4.78, 5) is 0. The minimum absolute atomic E-state index is 0.386. The molecule has 0 radical (unpaired) electrons. The van der Waals surface area contributed by atoms with Gasteiger partial charge in [-0.1, -0.05) is 53.0 Å². The molecule has 0 amide bonds. The van der Waals surface area contributed by atoms with Gasteiger partial charge in [0.1, 0.15) is 12.4 Å². The minimum Gasteiger partial charge on any atom is -0.487 e. The van der Waals surface area contributed by atoms with E-state index in [0.29, 0.717) is 34.0 Å². The van der Waals surface area contributed by atoms with Gasteiger partial charge in [-0.2, -0.15) is 0 Å². The number of benzene rings is 2. The van der Waals surface area contributed by atoms with Crippen LogP contribution in [0.2, 0.25) is 15.1 Å². The highest BCUT2D eigenvalue weighted by Crippen LogP contribution is 2.30. The zero-order chi connectivity index (χ0) is 14.5. The summed E-state index contributed by atoms with van der Waals surface area (Å²) in [5, 5.41) is 4.73. The molecule has 0 saturated heterocycles. The van der Waals surface area contributed by atoms with Crippen LogP contribution in [0, 0.1) is 0 Å². The van der Waals surface area contributed by atoms with E-state index in [-0.39, 0.29) is 0 Å². The SMILES string of the molecule is CNCc1cccc(Cl)c1OCc1ccc(Cl)c(Cl)c1. The summed E-state index contributed by atoms with van der Waals surface area (Å²) >= 11 is 18.1. The fourth-order valence-electron chi connectivity index (χ4n) is 1.83. The maximum Gasteiger partial charge on any atom is 0.142 e. The number of hydrogen-bond donors (Lipinski definition) is 1. The quantitative estimate of drug-likeness (QED) is 0.838. The lowest BCUT2D eigenvalue weighted by Crippen LogP contribution is -2.08. The largest absolute Gasteiger partial charge is 0.487 e. The van der Waals surface area contributed by atoms with Crippen LogP contribution in [0.5, 0.6) is 5.75 Å². The molecule has 2 aromatic carbocycles. The van der Waals surface area contributed by atoms with Crippen LogP contribution in [0.25, 0.3) is 0 Å². The first-order chi connectivity index (χ1) is 9.61. The van der Waals surface area contributed by atoms with E-state index in [1.54, 1.807) is 12.1 Å². The molecule has 0 unspecified atom stereocenters. The summed E-state index contributed by atoms with van der Waals surface area (Å²) in [6, 6.07) is 11.1. The third-order valence-corrected chi connectivity index (χ3v) is 3.82. The van der Waals surface area contributed by atoms with Gasteiger partial charge in [-0.15, -0.1) is 0 Å². The van der Waals surface area contributed by atoms with Gasteiger partial charge in [0.2, 0.25) is 0 Å². The van der Waals surface area contributed by atoms with E-state index < -0.39 is 0 Å². The van der Waals surface area contributed by atoms with Crippen molar-refractivity contribution >= 4 is 34.8 Å². The number of ether oxygens (including phenoxy) is 1. The fourth-order valence-corrected chi connectivity index (χ4v) is 2.40. The first-order valence-corrected chi connectivity index (χ1v) is 7.24. The topological polar surface area (TPSA) is 21.3 Å².